The lowest BCUT2D eigenvalue weighted by Gasteiger charge is -2.40. The van der Waals surface area contributed by atoms with Gasteiger partial charge in [0.1, 0.15) is 0 Å². The van der Waals surface area contributed by atoms with Crippen molar-refractivity contribution in [2.45, 2.75) is 26.7 Å². The normalized spacial score (nSPS) is 34.1. The summed E-state index contributed by atoms with van der Waals surface area (Å²) in [5, 5.41) is 0. The lowest BCUT2D eigenvalue weighted by Crippen LogP contribution is -2.45. The minimum absolute atomic E-state index is 0.0118. The van der Waals surface area contributed by atoms with Gasteiger partial charge in [0.15, 0.2) is 11.5 Å². The van der Waals surface area contributed by atoms with E-state index in [2.05, 4.69) is 6.08 Å². The molecule has 0 N–H and O–H groups in total. The van der Waals surface area contributed by atoms with Gasteiger partial charge in [-0.25, -0.2) is 0 Å². The Morgan fingerprint density at radius 2 is 2.12 bits per heavy atom. The first-order valence-electron chi connectivity index (χ1n) is 5.49. The Hall–Kier alpha value is -1.38. The molecular weight excluding hydrogens is 204 g/mol. The molecule has 0 aromatic carbocycles. The van der Waals surface area contributed by atoms with E-state index in [-0.39, 0.29) is 23.2 Å². The number of carbonyl (C=O) groups is 2. The molecule has 0 fully saturated rings. The van der Waals surface area contributed by atoms with Crippen LogP contribution in [0.25, 0.3) is 0 Å². The minimum atomic E-state index is -0.557. The molecule has 2 unspecified atom stereocenters. The van der Waals surface area contributed by atoms with Crippen molar-refractivity contribution in [1.82, 2.24) is 0 Å². The molecule has 0 spiro atoms. The summed E-state index contributed by atoms with van der Waals surface area (Å²) in [6.07, 6.45) is 4.74. The van der Waals surface area contributed by atoms with Crippen molar-refractivity contribution in [2.24, 2.45) is 11.3 Å². The molecule has 3 nitrogen and oxygen atoms in total. The van der Waals surface area contributed by atoms with Crippen LogP contribution in [0, 0.1) is 11.3 Å². The number of methoxy groups -OCH3 is 1. The highest BCUT2D eigenvalue weighted by Crippen LogP contribution is 2.45. The van der Waals surface area contributed by atoms with Gasteiger partial charge in [-0.05, 0) is 19.8 Å². The summed E-state index contributed by atoms with van der Waals surface area (Å²) in [7, 11) is 1.44. The van der Waals surface area contributed by atoms with Crippen LogP contribution in [0.3, 0.4) is 0 Å². The van der Waals surface area contributed by atoms with Gasteiger partial charge < -0.3 is 4.74 Å². The zero-order chi connectivity index (χ0) is 11.9. The second-order valence-electron chi connectivity index (χ2n) is 4.87. The van der Waals surface area contributed by atoms with Gasteiger partial charge >= 0.3 is 0 Å². The molecule has 0 amide bonds. The third-order valence-electron chi connectivity index (χ3n) is 3.77. The van der Waals surface area contributed by atoms with Crippen molar-refractivity contribution >= 4 is 11.6 Å². The molecule has 2 aliphatic carbocycles. The Morgan fingerprint density at radius 3 is 2.75 bits per heavy atom. The van der Waals surface area contributed by atoms with Gasteiger partial charge in [0.2, 0.25) is 5.78 Å². The Morgan fingerprint density at radius 1 is 1.44 bits per heavy atom. The van der Waals surface area contributed by atoms with Crippen molar-refractivity contribution in [2.75, 3.05) is 7.11 Å². The van der Waals surface area contributed by atoms with Crippen molar-refractivity contribution < 1.29 is 14.3 Å². The van der Waals surface area contributed by atoms with E-state index in [1.165, 1.54) is 18.8 Å². The van der Waals surface area contributed by atoms with Crippen molar-refractivity contribution in [3.05, 3.63) is 23.5 Å². The third-order valence-corrected chi connectivity index (χ3v) is 3.77. The topological polar surface area (TPSA) is 43.4 Å². The van der Waals surface area contributed by atoms with Gasteiger partial charge in [0.25, 0.3) is 0 Å². The average molecular weight is 220 g/mol. The van der Waals surface area contributed by atoms with E-state index in [0.717, 1.165) is 0 Å². The largest absolute Gasteiger partial charge is 0.493 e. The van der Waals surface area contributed by atoms with Crippen LogP contribution in [0.1, 0.15) is 26.7 Å². The maximum absolute atomic E-state index is 12.1. The Kier molecular flexibility index (Phi) is 2.49. The summed E-state index contributed by atoms with van der Waals surface area (Å²) in [6, 6.07) is 0. The molecule has 0 aromatic rings. The molecule has 0 saturated heterocycles. The first-order valence-corrected chi connectivity index (χ1v) is 5.49. The first-order chi connectivity index (χ1) is 7.49. The Labute approximate surface area is 95.2 Å². The Bertz CT molecular complexity index is 417. The highest BCUT2D eigenvalue weighted by Gasteiger charge is 2.49. The summed E-state index contributed by atoms with van der Waals surface area (Å²) >= 11 is 0. The van der Waals surface area contributed by atoms with Crippen LogP contribution < -0.4 is 0 Å². The number of hydrogen-bond acceptors (Lipinski definition) is 3. The smallest absolute Gasteiger partial charge is 0.201 e. The predicted octanol–water partition coefficient (Wildman–Crippen LogP) is 2.03. The molecule has 2 aliphatic rings. The summed E-state index contributed by atoms with van der Waals surface area (Å²) in [5.74, 6) is -0.0538. The first kappa shape index (κ1) is 11.1. The summed E-state index contributed by atoms with van der Waals surface area (Å²) in [6.45, 7) is 3.88. The van der Waals surface area contributed by atoms with Gasteiger partial charge in [-0.3, -0.25) is 9.59 Å². The van der Waals surface area contributed by atoms with E-state index in [4.69, 9.17) is 4.74 Å². The molecule has 0 aromatic heterocycles. The lowest BCUT2D eigenvalue weighted by atomic mass is 9.61. The number of Topliss-reactive ketones (excluding diaryl/α,β-unsaturated/α-hetero) is 1. The summed E-state index contributed by atoms with van der Waals surface area (Å²) in [5.41, 5.74) is 0.625. The van der Waals surface area contributed by atoms with E-state index in [9.17, 15) is 9.59 Å². The van der Waals surface area contributed by atoms with E-state index >= 15 is 0 Å². The molecule has 86 valence electrons. The van der Waals surface area contributed by atoms with Crippen LogP contribution >= 0.6 is 0 Å². The van der Waals surface area contributed by atoms with Crippen molar-refractivity contribution in [3.8, 4) is 0 Å². The zero-order valence-electron chi connectivity index (χ0n) is 9.87. The second kappa shape index (κ2) is 3.58. The van der Waals surface area contributed by atoms with Crippen molar-refractivity contribution in [1.29, 1.82) is 0 Å². The predicted molar refractivity (Wildman–Crippen MR) is 59.7 cm³/mol. The number of carbonyl (C=O) groups excluding carboxylic acids is 2. The quantitative estimate of drug-likeness (QED) is 0.635. The Balaban J connectivity index is 2.46. The van der Waals surface area contributed by atoms with Gasteiger partial charge in [-0.1, -0.05) is 18.6 Å². The fourth-order valence-electron chi connectivity index (χ4n) is 2.50. The number of allylic oxidation sites excluding steroid dienone is 4. The van der Waals surface area contributed by atoms with E-state index in [1.807, 2.05) is 13.8 Å². The molecule has 0 radical (unpaired) electrons. The molecule has 2 atom stereocenters. The fourth-order valence-corrected chi connectivity index (χ4v) is 2.50. The molecule has 16 heavy (non-hydrogen) atoms. The molecular formula is C13H16O3. The van der Waals surface area contributed by atoms with Crippen LogP contribution in [0.4, 0.5) is 0 Å². The zero-order valence-corrected chi connectivity index (χ0v) is 9.87. The van der Waals surface area contributed by atoms with Gasteiger partial charge in [-0.15, -0.1) is 0 Å². The second-order valence-corrected chi connectivity index (χ2v) is 4.87. The lowest BCUT2D eigenvalue weighted by molar-refractivity contribution is -0.138. The van der Waals surface area contributed by atoms with Crippen LogP contribution in [0.15, 0.2) is 23.5 Å². The summed E-state index contributed by atoms with van der Waals surface area (Å²) < 4.78 is 4.97. The van der Waals surface area contributed by atoms with Crippen molar-refractivity contribution in [3.63, 3.8) is 0 Å². The monoisotopic (exact) mass is 220 g/mol. The average Bonchev–Trinajstić information content (AvgIpc) is 2.26. The molecule has 0 aliphatic heterocycles. The van der Waals surface area contributed by atoms with Crippen LogP contribution in [-0.4, -0.2) is 18.7 Å². The van der Waals surface area contributed by atoms with E-state index in [0.29, 0.717) is 12.8 Å². The standard InChI is InChI=1S/C13H16O3/c1-8-4-5-13(2)9(6-8)12(15)10(16-3)7-11(13)14/h4,7,9H,5-6H2,1-3H3. The van der Waals surface area contributed by atoms with Crippen LogP contribution in [0.2, 0.25) is 0 Å². The highest BCUT2D eigenvalue weighted by molar-refractivity contribution is 6.11. The maximum atomic E-state index is 12.1. The fraction of sp³-hybridized carbons (Fsp3) is 0.538. The van der Waals surface area contributed by atoms with Gasteiger partial charge in [0, 0.05) is 17.4 Å². The van der Waals surface area contributed by atoms with Crippen LogP contribution in [0.5, 0.6) is 0 Å². The number of ether oxygens (including phenoxy) is 1. The number of hydrogen-bond donors (Lipinski definition) is 0. The molecule has 2 rings (SSSR count). The van der Waals surface area contributed by atoms with E-state index in [1.54, 1.807) is 0 Å². The number of fused-ring (bicyclic) bond motifs is 1. The minimum Gasteiger partial charge on any atom is -0.493 e. The van der Waals surface area contributed by atoms with E-state index < -0.39 is 5.41 Å². The van der Waals surface area contributed by atoms with Gasteiger partial charge in [-0.2, -0.15) is 0 Å². The number of rotatable bonds is 1. The van der Waals surface area contributed by atoms with Gasteiger partial charge in [0.05, 0.1) is 7.11 Å². The molecule has 0 heterocycles. The maximum Gasteiger partial charge on any atom is 0.201 e. The van der Waals surface area contributed by atoms with Crippen LogP contribution in [-0.2, 0) is 14.3 Å². The third kappa shape index (κ3) is 1.42. The summed E-state index contributed by atoms with van der Waals surface area (Å²) in [4.78, 5) is 24.1. The molecule has 0 saturated carbocycles. The molecule has 0 bridgehead atoms. The highest BCUT2D eigenvalue weighted by atomic mass is 16.5. The number of ketones is 2. The SMILES string of the molecule is COC1=CC(=O)C2(C)CC=C(C)CC2C1=O. The molecule has 3 heteroatoms.